The first-order valence-corrected chi connectivity index (χ1v) is 14.2. The van der Waals surface area contributed by atoms with Gasteiger partial charge in [-0.15, -0.1) is 0 Å². The third kappa shape index (κ3) is 8.10. The average Bonchev–Trinajstić information content (AvgIpc) is 3.06. The number of aliphatic imine (C=N–C) groups is 2. The van der Waals surface area contributed by atoms with Gasteiger partial charge in [0.2, 0.25) is 0 Å². The van der Waals surface area contributed by atoms with Gasteiger partial charge in [-0.25, -0.2) is 4.21 Å². The largest absolute Gasteiger partial charge is 0.309 e. The summed E-state index contributed by atoms with van der Waals surface area (Å²) in [6, 6.07) is 0. The molecule has 6 atom stereocenters. The van der Waals surface area contributed by atoms with Gasteiger partial charge >= 0.3 is 0 Å². The summed E-state index contributed by atoms with van der Waals surface area (Å²) in [6.45, 7) is 7.89. The van der Waals surface area contributed by atoms with E-state index < -0.39 is 11.1 Å². The van der Waals surface area contributed by atoms with E-state index in [2.05, 4.69) is 52.1 Å². The van der Waals surface area contributed by atoms with E-state index in [9.17, 15) is 8.76 Å². The second-order valence-corrected chi connectivity index (χ2v) is 12.3. The standard InChI is InChI=1S/C28H45N3O2S/c1-21-11-12-23(18-21)19-26(24-8-6-9-25(14-13-24)34(32)33)27-10-7-15-28(3,16-17-31(4)5)20-29-22(2)30-27/h6,9,13-14,20-23,26H,7-8,10-12,15-19H2,1-5H3,(H,32,33). The molecule has 0 spiro atoms. The molecular weight excluding hydrogens is 442 g/mol. The highest BCUT2D eigenvalue weighted by molar-refractivity contribution is 7.83. The summed E-state index contributed by atoms with van der Waals surface area (Å²) in [4.78, 5) is 12.8. The molecule has 1 saturated carbocycles. The molecule has 34 heavy (non-hydrogen) atoms. The molecule has 1 N–H and O–H groups in total. The van der Waals surface area contributed by atoms with Crippen molar-refractivity contribution in [2.75, 3.05) is 20.6 Å². The third-order valence-electron chi connectivity index (χ3n) is 7.79. The first-order valence-electron chi connectivity index (χ1n) is 13.1. The lowest BCUT2D eigenvalue weighted by Crippen LogP contribution is -2.26. The lowest BCUT2D eigenvalue weighted by molar-refractivity contribution is 0.310. The Morgan fingerprint density at radius 2 is 2.06 bits per heavy atom. The second-order valence-electron chi connectivity index (χ2n) is 11.3. The molecule has 3 rings (SSSR count). The van der Waals surface area contributed by atoms with Crippen molar-refractivity contribution in [1.29, 1.82) is 0 Å². The second kappa shape index (κ2) is 12.5. The van der Waals surface area contributed by atoms with Gasteiger partial charge in [0.05, 0.1) is 4.91 Å². The van der Waals surface area contributed by atoms with E-state index in [0.717, 1.165) is 56.9 Å². The number of rotatable bonds is 8. The normalized spacial score (nSPS) is 32.2. The minimum Gasteiger partial charge on any atom is -0.309 e. The van der Waals surface area contributed by atoms with Crippen molar-refractivity contribution < 1.29 is 8.76 Å². The highest BCUT2D eigenvalue weighted by Gasteiger charge is 2.30. The summed E-state index contributed by atoms with van der Waals surface area (Å²) >= 11 is -1.96. The van der Waals surface area contributed by atoms with Crippen molar-refractivity contribution in [3.8, 4) is 0 Å². The molecule has 0 bridgehead atoms. The summed E-state index contributed by atoms with van der Waals surface area (Å²) in [5.41, 5.74) is 2.70. The minimum atomic E-state index is -1.96. The Bertz CT molecular complexity index is 873. The van der Waals surface area contributed by atoms with Crippen LogP contribution in [0.3, 0.4) is 0 Å². The Morgan fingerprint density at radius 1 is 1.26 bits per heavy atom. The molecule has 0 aromatic heterocycles. The van der Waals surface area contributed by atoms with E-state index in [0.29, 0.717) is 4.91 Å². The van der Waals surface area contributed by atoms with Crippen LogP contribution in [-0.4, -0.2) is 52.4 Å². The smallest absolute Gasteiger partial charge is 0.186 e. The number of hydrogen-bond donors (Lipinski definition) is 1. The predicted molar refractivity (Wildman–Crippen MR) is 146 cm³/mol. The maximum atomic E-state index is 11.6. The fraction of sp³-hybridized carbons (Fsp3) is 0.714. The highest BCUT2D eigenvalue weighted by atomic mass is 32.2. The van der Waals surface area contributed by atoms with Gasteiger partial charge in [0, 0.05) is 23.3 Å². The Morgan fingerprint density at radius 3 is 2.74 bits per heavy atom. The van der Waals surface area contributed by atoms with Crippen LogP contribution in [0.15, 0.2) is 44.8 Å². The Kier molecular flexibility index (Phi) is 10.0. The number of hydrogen-bond acceptors (Lipinski definition) is 4. The van der Waals surface area contributed by atoms with Crippen molar-refractivity contribution in [2.24, 2.45) is 33.2 Å². The van der Waals surface area contributed by atoms with Gasteiger partial charge < -0.3 is 9.45 Å². The zero-order chi connectivity index (χ0) is 24.7. The van der Waals surface area contributed by atoms with Crippen LogP contribution >= 0.6 is 0 Å². The lowest BCUT2D eigenvalue weighted by Gasteiger charge is -2.28. The van der Waals surface area contributed by atoms with Gasteiger partial charge in [0.15, 0.2) is 11.1 Å². The first kappa shape index (κ1) is 27.2. The Labute approximate surface area is 209 Å². The maximum Gasteiger partial charge on any atom is 0.186 e. The van der Waals surface area contributed by atoms with Gasteiger partial charge in [0.25, 0.3) is 0 Å². The molecule has 0 aromatic rings. The lowest BCUT2D eigenvalue weighted by atomic mass is 9.79. The Hall–Kier alpha value is -1.37. The molecule has 1 aliphatic heterocycles. The summed E-state index contributed by atoms with van der Waals surface area (Å²) in [7, 11) is 4.27. The molecule has 0 saturated heterocycles. The van der Waals surface area contributed by atoms with Crippen LogP contribution in [0.2, 0.25) is 0 Å². The van der Waals surface area contributed by atoms with Crippen LogP contribution in [0, 0.1) is 23.2 Å². The SMILES string of the molecule is CC1CCC(CC(C2=CC=C(S(=O)O)C=CC2)C2=NC(C)N=CC(C)(CCN(C)C)CCC2)C1. The van der Waals surface area contributed by atoms with Gasteiger partial charge in [-0.3, -0.25) is 9.98 Å². The monoisotopic (exact) mass is 487 g/mol. The van der Waals surface area contributed by atoms with Crippen molar-refractivity contribution >= 4 is 23.0 Å². The number of allylic oxidation sites excluding steroid dienone is 5. The van der Waals surface area contributed by atoms with E-state index in [-0.39, 0.29) is 17.5 Å². The minimum absolute atomic E-state index is 0.0743. The summed E-state index contributed by atoms with van der Waals surface area (Å²) in [5.74, 6) is 1.81. The summed E-state index contributed by atoms with van der Waals surface area (Å²) < 4.78 is 21.2. The molecule has 0 aromatic carbocycles. The van der Waals surface area contributed by atoms with Crippen LogP contribution in [0.25, 0.3) is 0 Å². The van der Waals surface area contributed by atoms with E-state index in [4.69, 9.17) is 9.98 Å². The van der Waals surface area contributed by atoms with Crippen molar-refractivity contribution in [3.63, 3.8) is 0 Å². The molecule has 1 fully saturated rings. The topological polar surface area (TPSA) is 65.3 Å². The molecule has 1 heterocycles. The van der Waals surface area contributed by atoms with E-state index in [1.807, 2.05) is 12.2 Å². The van der Waals surface area contributed by atoms with Crippen molar-refractivity contribution in [2.45, 2.75) is 84.7 Å². The van der Waals surface area contributed by atoms with Crippen molar-refractivity contribution in [1.82, 2.24) is 4.90 Å². The van der Waals surface area contributed by atoms with Crippen LogP contribution in [0.5, 0.6) is 0 Å². The molecule has 6 heteroatoms. The zero-order valence-corrected chi connectivity index (χ0v) is 22.7. The molecular formula is C28H45N3O2S. The Balaban J connectivity index is 1.85. The number of nitrogens with zero attached hydrogens (tertiary/aromatic N) is 3. The fourth-order valence-corrected chi connectivity index (χ4v) is 6.07. The van der Waals surface area contributed by atoms with E-state index in [1.165, 1.54) is 30.5 Å². The molecule has 5 nitrogen and oxygen atoms in total. The average molecular weight is 488 g/mol. The van der Waals surface area contributed by atoms with Gasteiger partial charge in [-0.2, -0.15) is 0 Å². The highest BCUT2D eigenvalue weighted by Crippen LogP contribution is 2.39. The van der Waals surface area contributed by atoms with Gasteiger partial charge in [-0.1, -0.05) is 44.4 Å². The van der Waals surface area contributed by atoms with Crippen molar-refractivity contribution in [3.05, 3.63) is 34.8 Å². The van der Waals surface area contributed by atoms with Crippen LogP contribution in [0.1, 0.15) is 78.6 Å². The van der Waals surface area contributed by atoms with Gasteiger partial charge in [-0.05, 0) is 96.5 Å². The molecule has 3 aliphatic rings. The summed E-state index contributed by atoms with van der Waals surface area (Å²) in [6.07, 6.45) is 20.1. The van der Waals surface area contributed by atoms with E-state index in [1.54, 1.807) is 6.08 Å². The zero-order valence-electron chi connectivity index (χ0n) is 21.9. The predicted octanol–water partition coefficient (Wildman–Crippen LogP) is 6.42. The maximum absolute atomic E-state index is 11.6. The molecule has 2 aliphatic carbocycles. The fourth-order valence-electron chi connectivity index (χ4n) is 5.67. The molecule has 190 valence electrons. The van der Waals surface area contributed by atoms with Crippen LogP contribution in [0.4, 0.5) is 0 Å². The first-order chi connectivity index (χ1) is 16.1. The van der Waals surface area contributed by atoms with Crippen LogP contribution < -0.4 is 0 Å². The third-order valence-corrected chi connectivity index (χ3v) is 8.46. The molecule has 0 radical (unpaired) electrons. The van der Waals surface area contributed by atoms with Gasteiger partial charge in [0.1, 0.15) is 6.17 Å². The summed E-state index contributed by atoms with van der Waals surface area (Å²) in [5, 5.41) is 0. The molecule has 0 amide bonds. The van der Waals surface area contributed by atoms with Crippen LogP contribution in [-0.2, 0) is 11.1 Å². The molecule has 6 unspecified atom stereocenters. The quantitative estimate of drug-likeness (QED) is 0.402. The van der Waals surface area contributed by atoms with E-state index >= 15 is 0 Å².